The zero-order chi connectivity index (χ0) is 13.8. The van der Waals surface area contributed by atoms with Crippen LogP contribution >= 0.6 is 11.3 Å². The van der Waals surface area contributed by atoms with E-state index in [1.165, 1.54) is 36.1 Å². The van der Waals surface area contributed by atoms with Gasteiger partial charge in [0.05, 0.1) is 0 Å². The third-order valence-electron chi connectivity index (χ3n) is 4.03. The number of benzene rings is 1. The van der Waals surface area contributed by atoms with E-state index >= 15 is 0 Å². The maximum Gasteiger partial charge on any atom is 0.123 e. The number of nitrogens with zero attached hydrogens (tertiary/aromatic N) is 1. The molecule has 1 aliphatic heterocycles. The molecule has 0 bridgehead atoms. The molecule has 2 aromatic rings. The summed E-state index contributed by atoms with van der Waals surface area (Å²) in [7, 11) is 0. The standard InChI is InChI=1S/C17H20FNS/c18-15-9-7-14(8-10-15)13-19-11-3-1-2-5-16(19)17-6-4-12-20-17/h4,6-10,12,16H,1-3,5,11,13H2. The van der Waals surface area contributed by atoms with Crippen LogP contribution in [0.15, 0.2) is 41.8 Å². The number of rotatable bonds is 3. The number of hydrogen-bond donors (Lipinski definition) is 0. The van der Waals surface area contributed by atoms with Crippen molar-refractivity contribution in [3.8, 4) is 0 Å². The van der Waals surface area contributed by atoms with Crippen molar-refractivity contribution < 1.29 is 4.39 Å². The van der Waals surface area contributed by atoms with E-state index in [-0.39, 0.29) is 5.82 Å². The van der Waals surface area contributed by atoms with Crippen LogP contribution in [0.3, 0.4) is 0 Å². The van der Waals surface area contributed by atoms with E-state index in [0.717, 1.165) is 13.1 Å². The second-order valence-corrected chi connectivity index (χ2v) is 6.46. The summed E-state index contributed by atoms with van der Waals surface area (Å²) in [6.07, 6.45) is 5.13. The summed E-state index contributed by atoms with van der Waals surface area (Å²) in [5, 5.41) is 2.16. The van der Waals surface area contributed by atoms with Crippen LogP contribution in [-0.4, -0.2) is 11.4 Å². The SMILES string of the molecule is Fc1ccc(CN2CCCCCC2c2cccs2)cc1. The zero-order valence-corrected chi connectivity index (χ0v) is 12.4. The Morgan fingerprint density at radius 1 is 1.10 bits per heavy atom. The van der Waals surface area contributed by atoms with Gasteiger partial charge in [-0.05, 0) is 48.5 Å². The molecular formula is C17H20FNS. The molecule has 0 spiro atoms. The molecule has 1 saturated heterocycles. The summed E-state index contributed by atoms with van der Waals surface area (Å²) in [5.41, 5.74) is 1.20. The number of halogens is 1. The second kappa shape index (κ2) is 6.51. The number of likely N-dealkylation sites (tertiary alicyclic amines) is 1. The molecule has 0 aliphatic carbocycles. The van der Waals surface area contributed by atoms with Crippen LogP contribution in [0.4, 0.5) is 4.39 Å². The molecule has 0 amide bonds. The molecule has 1 unspecified atom stereocenters. The van der Waals surface area contributed by atoms with Crippen molar-refractivity contribution in [2.45, 2.75) is 38.3 Å². The van der Waals surface area contributed by atoms with Gasteiger partial charge < -0.3 is 0 Å². The summed E-state index contributed by atoms with van der Waals surface area (Å²) in [6.45, 7) is 2.06. The summed E-state index contributed by atoms with van der Waals surface area (Å²) in [5.74, 6) is -0.153. The molecule has 1 atom stereocenters. The topological polar surface area (TPSA) is 3.24 Å². The maximum absolute atomic E-state index is 13.0. The molecule has 3 heteroatoms. The average molecular weight is 289 g/mol. The van der Waals surface area contributed by atoms with Crippen molar-refractivity contribution in [3.63, 3.8) is 0 Å². The lowest BCUT2D eigenvalue weighted by molar-refractivity contribution is 0.195. The van der Waals surface area contributed by atoms with Gasteiger partial charge in [0.1, 0.15) is 5.82 Å². The van der Waals surface area contributed by atoms with E-state index in [9.17, 15) is 4.39 Å². The largest absolute Gasteiger partial charge is 0.291 e. The van der Waals surface area contributed by atoms with Crippen molar-refractivity contribution in [2.75, 3.05) is 6.54 Å². The third-order valence-corrected chi connectivity index (χ3v) is 5.01. The van der Waals surface area contributed by atoms with Crippen LogP contribution in [0.2, 0.25) is 0 Å². The first kappa shape index (κ1) is 13.8. The fourth-order valence-corrected chi connectivity index (χ4v) is 3.88. The molecule has 0 N–H and O–H groups in total. The molecule has 1 aromatic heterocycles. The molecule has 20 heavy (non-hydrogen) atoms. The molecule has 1 aromatic carbocycles. The van der Waals surface area contributed by atoms with E-state index in [1.54, 1.807) is 12.1 Å². The molecule has 0 saturated carbocycles. The minimum Gasteiger partial charge on any atom is -0.291 e. The fourth-order valence-electron chi connectivity index (χ4n) is 2.98. The highest BCUT2D eigenvalue weighted by Gasteiger charge is 2.23. The lowest BCUT2D eigenvalue weighted by Gasteiger charge is -2.29. The predicted molar refractivity (Wildman–Crippen MR) is 82.3 cm³/mol. The van der Waals surface area contributed by atoms with E-state index in [1.807, 2.05) is 23.5 Å². The summed E-state index contributed by atoms with van der Waals surface area (Å²) in [4.78, 5) is 4.03. The van der Waals surface area contributed by atoms with Gasteiger partial charge in [-0.25, -0.2) is 4.39 Å². The Labute approximate surface area is 124 Å². The lowest BCUT2D eigenvalue weighted by Crippen LogP contribution is -2.27. The Hall–Kier alpha value is -1.19. The van der Waals surface area contributed by atoms with Crippen molar-refractivity contribution in [2.24, 2.45) is 0 Å². The minimum atomic E-state index is -0.153. The van der Waals surface area contributed by atoms with Crippen LogP contribution in [0.1, 0.15) is 42.2 Å². The van der Waals surface area contributed by atoms with Gasteiger partial charge in [0.25, 0.3) is 0 Å². The van der Waals surface area contributed by atoms with Gasteiger partial charge in [-0.15, -0.1) is 11.3 Å². The molecule has 0 radical (unpaired) electrons. The number of hydrogen-bond acceptors (Lipinski definition) is 2. The third kappa shape index (κ3) is 3.28. The summed E-state index contributed by atoms with van der Waals surface area (Å²) in [6, 6.07) is 11.9. The lowest BCUT2D eigenvalue weighted by atomic mass is 10.1. The maximum atomic E-state index is 13.0. The van der Waals surface area contributed by atoms with Crippen LogP contribution < -0.4 is 0 Å². The first-order valence-corrected chi connectivity index (χ1v) is 8.23. The van der Waals surface area contributed by atoms with Crippen molar-refractivity contribution in [3.05, 3.63) is 58.0 Å². The molecule has 1 nitrogen and oxygen atoms in total. The van der Waals surface area contributed by atoms with E-state index in [0.29, 0.717) is 6.04 Å². The molecule has 1 aliphatic rings. The molecule has 2 heterocycles. The highest BCUT2D eigenvalue weighted by molar-refractivity contribution is 7.10. The summed E-state index contributed by atoms with van der Waals surface area (Å²) >= 11 is 1.85. The Bertz CT molecular complexity index is 520. The van der Waals surface area contributed by atoms with Gasteiger partial charge in [0.15, 0.2) is 0 Å². The normalized spacial score (nSPS) is 20.8. The van der Waals surface area contributed by atoms with Crippen LogP contribution in [0.25, 0.3) is 0 Å². The van der Waals surface area contributed by atoms with E-state index in [4.69, 9.17) is 0 Å². The Morgan fingerprint density at radius 3 is 2.70 bits per heavy atom. The van der Waals surface area contributed by atoms with Crippen LogP contribution in [-0.2, 0) is 6.54 Å². The van der Waals surface area contributed by atoms with E-state index < -0.39 is 0 Å². The van der Waals surface area contributed by atoms with Gasteiger partial charge in [-0.3, -0.25) is 4.90 Å². The number of thiophene rings is 1. The highest BCUT2D eigenvalue weighted by atomic mass is 32.1. The quantitative estimate of drug-likeness (QED) is 0.768. The van der Waals surface area contributed by atoms with E-state index in [2.05, 4.69) is 22.4 Å². The average Bonchev–Trinajstić information content (AvgIpc) is 2.89. The molecule has 106 valence electrons. The predicted octanol–water partition coefficient (Wildman–Crippen LogP) is 5.00. The summed E-state index contributed by atoms with van der Waals surface area (Å²) < 4.78 is 13.0. The second-order valence-electron chi connectivity index (χ2n) is 5.48. The minimum absolute atomic E-state index is 0.153. The Balaban J connectivity index is 1.78. The van der Waals surface area contributed by atoms with Crippen molar-refractivity contribution in [1.82, 2.24) is 4.90 Å². The van der Waals surface area contributed by atoms with Gasteiger partial charge in [0.2, 0.25) is 0 Å². The highest BCUT2D eigenvalue weighted by Crippen LogP contribution is 2.33. The Morgan fingerprint density at radius 2 is 1.95 bits per heavy atom. The van der Waals surface area contributed by atoms with Crippen molar-refractivity contribution >= 4 is 11.3 Å². The van der Waals surface area contributed by atoms with Gasteiger partial charge >= 0.3 is 0 Å². The van der Waals surface area contributed by atoms with Crippen LogP contribution in [0, 0.1) is 5.82 Å². The van der Waals surface area contributed by atoms with Gasteiger partial charge in [0, 0.05) is 17.5 Å². The molecule has 1 fully saturated rings. The van der Waals surface area contributed by atoms with Crippen molar-refractivity contribution in [1.29, 1.82) is 0 Å². The first-order chi connectivity index (χ1) is 9.83. The molecule has 3 rings (SSSR count). The molecular weight excluding hydrogens is 269 g/mol. The van der Waals surface area contributed by atoms with Gasteiger partial charge in [-0.2, -0.15) is 0 Å². The monoisotopic (exact) mass is 289 g/mol. The van der Waals surface area contributed by atoms with Gasteiger partial charge in [-0.1, -0.05) is 31.0 Å². The zero-order valence-electron chi connectivity index (χ0n) is 11.6. The van der Waals surface area contributed by atoms with Crippen LogP contribution in [0.5, 0.6) is 0 Å². The fraction of sp³-hybridized carbons (Fsp3) is 0.412. The Kier molecular flexibility index (Phi) is 4.48. The first-order valence-electron chi connectivity index (χ1n) is 7.35. The smallest absolute Gasteiger partial charge is 0.123 e.